The molecule has 0 saturated carbocycles. The molecule has 1 rings (SSSR count). The molecule has 0 heterocycles. The summed E-state index contributed by atoms with van der Waals surface area (Å²) >= 11 is 3.28. The Morgan fingerprint density at radius 2 is 2.12 bits per heavy atom. The average molecular weight is 308 g/mol. The molecule has 1 aromatic carbocycles. The van der Waals surface area contributed by atoms with Crippen LogP contribution in [0.15, 0.2) is 22.7 Å². The highest BCUT2D eigenvalue weighted by Gasteiger charge is 2.09. The summed E-state index contributed by atoms with van der Waals surface area (Å²) in [4.78, 5) is 0. The molecule has 2 N–H and O–H groups in total. The van der Waals surface area contributed by atoms with E-state index in [4.69, 9.17) is 10.5 Å². The second-order valence-electron chi connectivity index (χ2n) is 3.24. The van der Waals surface area contributed by atoms with Crippen LogP contribution in [0.4, 0.5) is 5.69 Å². The van der Waals surface area contributed by atoms with Crippen LogP contribution in [0.3, 0.4) is 0 Å². The van der Waals surface area contributed by atoms with Crippen LogP contribution in [0.2, 0.25) is 0 Å². The van der Waals surface area contributed by atoms with Gasteiger partial charge >= 0.3 is 0 Å². The van der Waals surface area contributed by atoms with Gasteiger partial charge in [0.15, 0.2) is 9.84 Å². The molecule has 0 saturated heterocycles. The van der Waals surface area contributed by atoms with E-state index in [0.29, 0.717) is 15.9 Å². The van der Waals surface area contributed by atoms with Crippen molar-refractivity contribution in [1.29, 1.82) is 0 Å². The van der Waals surface area contributed by atoms with Crippen molar-refractivity contribution in [3.8, 4) is 5.75 Å². The Morgan fingerprint density at radius 3 is 2.75 bits per heavy atom. The van der Waals surface area contributed by atoms with E-state index < -0.39 is 9.84 Å². The fourth-order valence-electron chi connectivity index (χ4n) is 1.06. The zero-order valence-electron chi connectivity index (χ0n) is 8.94. The molecule has 0 aliphatic carbocycles. The van der Waals surface area contributed by atoms with Crippen molar-refractivity contribution < 1.29 is 13.2 Å². The zero-order valence-corrected chi connectivity index (χ0v) is 11.3. The van der Waals surface area contributed by atoms with Crippen molar-refractivity contribution in [2.24, 2.45) is 0 Å². The standard InChI is InChI=1S/C10H14BrNO3S/c1-2-16(13,14)7-6-15-9-5-3-4-8(12)10(9)11/h3-5H,2,6-7,12H2,1H3. The maximum absolute atomic E-state index is 11.2. The first-order chi connectivity index (χ1) is 7.46. The van der Waals surface area contributed by atoms with Gasteiger partial charge in [0.1, 0.15) is 12.4 Å². The van der Waals surface area contributed by atoms with Gasteiger partial charge in [-0.25, -0.2) is 8.42 Å². The minimum Gasteiger partial charge on any atom is -0.491 e. The Morgan fingerprint density at radius 1 is 1.44 bits per heavy atom. The van der Waals surface area contributed by atoms with Gasteiger partial charge in [0.05, 0.1) is 10.2 Å². The Labute approximate surface area is 104 Å². The summed E-state index contributed by atoms with van der Waals surface area (Å²) < 4.78 is 28.5. The van der Waals surface area contributed by atoms with Crippen LogP contribution in [0, 0.1) is 0 Å². The molecule has 90 valence electrons. The van der Waals surface area contributed by atoms with Gasteiger partial charge < -0.3 is 10.5 Å². The molecule has 0 aliphatic rings. The van der Waals surface area contributed by atoms with Gasteiger partial charge in [0.25, 0.3) is 0 Å². The highest BCUT2D eigenvalue weighted by molar-refractivity contribution is 9.10. The van der Waals surface area contributed by atoms with E-state index in [1.165, 1.54) is 0 Å². The molecular weight excluding hydrogens is 294 g/mol. The lowest BCUT2D eigenvalue weighted by molar-refractivity contribution is 0.339. The molecule has 6 heteroatoms. The van der Waals surface area contributed by atoms with Crippen LogP contribution in [0.25, 0.3) is 0 Å². The number of ether oxygens (including phenoxy) is 1. The Hall–Kier alpha value is -0.750. The largest absolute Gasteiger partial charge is 0.491 e. The van der Waals surface area contributed by atoms with Crippen LogP contribution >= 0.6 is 15.9 Å². The van der Waals surface area contributed by atoms with Gasteiger partial charge in [-0.1, -0.05) is 13.0 Å². The third-order valence-electron chi connectivity index (χ3n) is 2.08. The first-order valence-corrected chi connectivity index (χ1v) is 7.45. The second kappa shape index (κ2) is 5.54. The summed E-state index contributed by atoms with van der Waals surface area (Å²) in [7, 11) is -2.98. The smallest absolute Gasteiger partial charge is 0.153 e. The molecule has 0 atom stereocenters. The van der Waals surface area contributed by atoms with E-state index in [9.17, 15) is 8.42 Å². The maximum Gasteiger partial charge on any atom is 0.153 e. The highest BCUT2D eigenvalue weighted by atomic mass is 79.9. The summed E-state index contributed by atoms with van der Waals surface area (Å²) in [5.41, 5.74) is 6.22. The number of nitrogens with two attached hydrogens (primary N) is 1. The first kappa shape index (κ1) is 13.3. The molecule has 0 amide bonds. The number of anilines is 1. The summed E-state index contributed by atoms with van der Waals surface area (Å²) in [6, 6.07) is 5.22. The molecule has 0 spiro atoms. The van der Waals surface area contributed by atoms with Gasteiger partial charge in [-0.15, -0.1) is 0 Å². The van der Waals surface area contributed by atoms with E-state index in [2.05, 4.69) is 15.9 Å². The zero-order chi connectivity index (χ0) is 12.2. The predicted octanol–water partition coefficient (Wildman–Crippen LogP) is 1.84. The van der Waals surface area contributed by atoms with E-state index in [-0.39, 0.29) is 18.1 Å². The van der Waals surface area contributed by atoms with Crippen molar-refractivity contribution in [3.05, 3.63) is 22.7 Å². The maximum atomic E-state index is 11.2. The number of rotatable bonds is 5. The SMILES string of the molecule is CCS(=O)(=O)CCOc1cccc(N)c1Br. The molecule has 16 heavy (non-hydrogen) atoms. The summed E-state index contributed by atoms with van der Waals surface area (Å²) in [5, 5.41) is 0. The topological polar surface area (TPSA) is 69.4 Å². The quantitative estimate of drug-likeness (QED) is 0.843. The number of benzene rings is 1. The summed E-state index contributed by atoms with van der Waals surface area (Å²) in [6.45, 7) is 1.75. The third kappa shape index (κ3) is 3.68. The fourth-order valence-corrected chi connectivity index (χ4v) is 2.07. The highest BCUT2D eigenvalue weighted by Crippen LogP contribution is 2.30. The molecule has 4 nitrogen and oxygen atoms in total. The van der Waals surface area contributed by atoms with Gasteiger partial charge in [0.2, 0.25) is 0 Å². The number of hydrogen-bond acceptors (Lipinski definition) is 4. The van der Waals surface area contributed by atoms with Crippen LogP contribution < -0.4 is 10.5 Å². The lowest BCUT2D eigenvalue weighted by Gasteiger charge is -2.09. The van der Waals surface area contributed by atoms with Crippen molar-refractivity contribution in [2.75, 3.05) is 23.8 Å². The molecule has 1 aromatic rings. The van der Waals surface area contributed by atoms with Crippen molar-refractivity contribution in [2.45, 2.75) is 6.92 Å². The Balaban J connectivity index is 2.59. The minimum atomic E-state index is -2.98. The van der Waals surface area contributed by atoms with Crippen molar-refractivity contribution in [3.63, 3.8) is 0 Å². The van der Waals surface area contributed by atoms with Crippen LogP contribution in [0.1, 0.15) is 6.92 Å². The number of sulfone groups is 1. The lowest BCUT2D eigenvalue weighted by Crippen LogP contribution is -2.15. The van der Waals surface area contributed by atoms with Gasteiger partial charge in [-0.2, -0.15) is 0 Å². The molecule has 0 fully saturated rings. The van der Waals surface area contributed by atoms with Crippen molar-refractivity contribution >= 4 is 31.5 Å². The molecule has 0 bridgehead atoms. The predicted molar refractivity (Wildman–Crippen MR) is 68.4 cm³/mol. The Kier molecular flexibility index (Phi) is 4.61. The third-order valence-corrected chi connectivity index (χ3v) is 4.60. The van der Waals surface area contributed by atoms with Crippen molar-refractivity contribution in [1.82, 2.24) is 0 Å². The summed E-state index contributed by atoms with van der Waals surface area (Å²) in [5.74, 6) is 0.713. The number of nitrogen functional groups attached to an aromatic ring is 1. The lowest BCUT2D eigenvalue weighted by atomic mass is 10.3. The fraction of sp³-hybridized carbons (Fsp3) is 0.400. The van der Waals surface area contributed by atoms with Crippen LogP contribution in [-0.2, 0) is 9.84 Å². The molecule has 0 radical (unpaired) electrons. The van der Waals surface area contributed by atoms with E-state index in [0.717, 1.165) is 0 Å². The van der Waals surface area contributed by atoms with Gasteiger partial charge in [-0.05, 0) is 28.1 Å². The van der Waals surface area contributed by atoms with Crippen LogP contribution in [-0.4, -0.2) is 26.5 Å². The average Bonchev–Trinajstić information content (AvgIpc) is 2.24. The second-order valence-corrected chi connectivity index (χ2v) is 6.51. The molecule has 0 unspecified atom stereocenters. The molecule has 0 aliphatic heterocycles. The number of halogens is 1. The van der Waals surface area contributed by atoms with E-state index in [1.54, 1.807) is 25.1 Å². The normalized spacial score (nSPS) is 11.4. The summed E-state index contributed by atoms with van der Waals surface area (Å²) in [6.07, 6.45) is 0. The van der Waals surface area contributed by atoms with E-state index in [1.807, 2.05) is 0 Å². The van der Waals surface area contributed by atoms with Gasteiger partial charge in [-0.3, -0.25) is 0 Å². The number of hydrogen-bond donors (Lipinski definition) is 1. The van der Waals surface area contributed by atoms with Gasteiger partial charge in [0, 0.05) is 11.4 Å². The Bertz CT molecular complexity index is 459. The van der Waals surface area contributed by atoms with E-state index >= 15 is 0 Å². The first-order valence-electron chi connectivity index (χ1n) is 4.83. The minimum absolute atomic E-state index is 0.0186. The van der Waals surface area contributed by atoms with Crippen LogP contribution in [0.5, 0.6) is 5.75 Å². The monoisotopic (exact) mass is 307 g/mol. The molecular formula is C10H14BrNO3S. The molecule has 0 aromatic heterocycles.